The quantitative estimate of drug-likeness (QED) is 0.761. The molecule has 7 heteroatoms. The van der Waals surface area contributed by atoms with E-state index >= 15 is 0 Å². The summed E-state index contributed by atoms with van der Waals surface area (Å²) in [7, 11) is 0. The van der Waals surface area contributed by atoms with Crippen molar-refractivity contribution in [2.24, 2.45) is 5.92 Å². The number of likely N-dealkylation sites (tertiary alicyclic amines) is 1. The number of carbonyl (C=O) groups is 2. The topological polar surface area (TPSA) is 98.3 Å². The molecular weight excluding hydrogens is 272 g/mol. The first-order valence-corrected chi connectivity index (χ1v) is 7.35. The Labute approximate surface area is 123 Å². The molecule has 0 aliphatic carbocycles. The molecule has 2 rings (SSSR count). The monoisotopic (exact) mass is 294 g/mol. The van der Waals surface area contributed by atoms with Gasteiger partial charge in [0, 0.05) is 31.4 Å². The number of imidazole rings is 1. The highest BCUT2D eigenvalue weighted by atomic mass is 16.4. The fraction of sp³-hybridized carbons (Fsp3) is 0.643. The second-order valence-corrected chi connectivity index (χ2v) is 5.46. The molecule has 3 N–H and O–H groups in total. The van der Waals surface area contributed by atoms with Crippen LogP contribution in [0.4, 0.5) is 4.79 Å². The first-order chi connectivity index (χ1) is 10.1. The predicted molar refractivity (Wildman–Crippen MR) is 76.8 cm³/mol. The molecule has 1 aliphatic rings. The van der Waals surface area contributed by atoms with Gasteiger partial charge in [-0.2, -0.15) is 0 Å². The first kappa shape index (κ1) is 15.3. The second-order valence-electron chi connectivity index (χ2n) is 5.46. The molecule has 0 aromatic carbocycles. The van der Waals surface area contributed by atoms with E-state index < -0.39 is 12.0 Å². The number of carboxylic acids is 1. The van der Waals surface area contributed by atoms with Gasteiger partial charge in [-0.1, -0.05) is 13.3 Å². The number of amides is 2. The number of nitrogens with zero attached hydrogens (tertiary/aromatic N) is 2. The van der Waals surface area contributed by atoms with E-state index in [9.17, 15) is 14.7 Å². The molecule has 1 aliphatic heterocycles. The van der Waals surface area contributed by atoms with Gasteiger partial charge >= 0.3 is 12.0 Å². The fourth-order valence-corrected chi connectivity index (χ4v) is 2.60. The number of H-pyrrole nitrogens is 1. The van der Waals surface area contributed by atoms with Gasteiger partial charge in [0.1, 0.15) is 6.04 Å². The maximum absolute atomic E-state index is 12.2. The highest BCUT2D eigenvalue weighted by Gasteiger charge is 2.26. The summed E-state index contributed by atoms with van der Waals surface area (Å²) in [6, 6.07) is -1.24. The molecule has 1 saturated heterocycles. The molecule has 0 bridgehead atoms. The zero-order valence-corrected chi connectivity index (χ0v) is 12.2. The number of aromatic nitrogens is 2. The normalized spacial score (nSPS) is 17.5. The molecule has 2 heterocycles. The molecule has 0 spiro atoms. The van der Waals surface area contributed by atoms with Crippen molar-refractivity contribution in [3.8, 4) is 0 Å². The Morgan fingerprint density at radius 2 is 2.24 bits per heavy atom. The van der Waals surface area contributed by atoms with Crippen LogP contribution in [0.25, 0.3) is 0 Å². The molecule has 0 radical (unpaired) electrons. The number of hydrogen-bond acceptors (Lipinski definition) is 3. The van der Waals surface area contributed by atoms with E-state index in [0.29, 0.717) is 24.7 Å². The highest BCUT2D eigenvalue weighted by molar-refractivity contribution is 5.82. The van der Waals surface area contributed by atoms with E-state index in [2.05, 4.69) is 22.2 Å². The maximum atomic E-state index is 12.2. The van der Waals surface area contributed by atoms with Crippen LogP contribution in [0.15, 0.2) is 12.5 Å². The molecule has 1 aromatic heterocycles. The van der Waals surface area contributed by atoms with Gasteiger partial charge < -0.3 is 20.3 Å². The van der Waals surface area contributed by atoms with E-state index in [1.165, 1.54) is 6.33 Å². The molecule has 0 saturated carbocycles. The van der Waals surface area contributed by atoms with Crippen molar-refractivity contribution < 1.29 is 14.7 Å². The summed E-state index contributed by atoms with van der Waals surface area (Å²) in [4.78, 5) is 31.8. The number of hydrogen-bond donors (Lipinski definition) is 3. The standard InChI is InChI=1S/C14H22N4O3/c1-2-10-3-5-18(6-4-10)14(21)17-12(13(19)20)7-11-8-15-9-16-11/h8-10,12H,2-7H2,1H3,(H,15,16)(H,17,21)(H,19,20). The summed E-state index contributed by atoms with van der Waals surface area (Å²) in [6.07, 6.45) is 6.37. The largest absolute Gasteiger partial charge is 0.480 e. The van der Waals surface area contributed by atoms with Crippen molar-refractivity contribution in [3.63, 3.8) is 0 Å². The lowest BCUT2D eigenvalue weighted by atomic mass is 9.95. The zero-order valence-electron chi connectivity index (χ0n) is 12.2. The Bertz CT molecular complexity index is 467. The minimum Gasteiger partial charge on any atom is -0.480 e. The summed E-state index contributed by atoms with van der Waals surface area (Å²) in [5, 5.41) is 11.8. The third-order valence-corrected chi connectivity index (χ3v) is 4.05. The smallest absolute Gasteiger partial charge is 0.326 e. The summed E-state index contributed by atoms with van der Waals surface area (Å²) >= 11 is 0. The fourth-order valence-electron chi connectivity index (χ4n) is 2.60. The average Bonchev–Trinajstić information content (AvgIpc) is 2.99. The maximum Gasteiger partial charge on any atom is 0.326 e. The summed E-state index contributed by atoms with van der Waals surface area (Å²) in [5.41, 5.74) is 0.687. The van der Waals surface area contributed by atoms with E-state index in [0.717, 1.165) is 19.3 Å². The Morgan fingerprint density at radius 3 is 2.76 bits per heavy atom. The van der Waals surface area contributed by atoms with Crippen LogP contribution >= 0.6 is 0 Å². The number of rotatable bonds is 5. The minimum absolute atomic E-state index is 0.201. The van der Waals surface area contributed by atoms with Gasteiger partial charge in [-0.25, -0.2) is 14.6 Å². The van der Waals surface area contributed by atoms with Gasteiger partial charge in [-0.15, -0.1) is 0 Å². The molecule has 21 heavy (non-hydrogen) atoms. The minimum atomic E-state index is -1.04. The Balaban J connectivity index is 1.88. The Morgan fingerprint density at radius 1 is 1.52 bits per heavy atom. The molecular formula is C14H22N4O3. The lowest BCUT2D eigenvalue weighted by Crippen LogP contribution is -2.50. The van der Waals surface area contributed by atoms with Crippen LogP contribution in [-0.4, -0.2) is 51.1 Å². The van der Waals surface area contributed by atoms with Crippen molar-refractivity contribution in [1.29, 1.82) is 0 Å². The number of piperidine rings is 1. The number of carboxylic acid groups (broad SMARTS) is 1. The second kappa shape index (κ2) is 7.10. The van der Waals surface area contributed by atoms with Gasteiger partial charge in [0.2, 0.25) is 0 Å². The van der Waals surface area contributed by atoms with Gasteiger partial charge in [-0.3, -0.25) is 0 Å². The lowest BCUT2D eigenvalue weighted by Gasteiger charge is -2.32. The van der Waals surface area contributed by atoms with Crippen LogP contribution in [0, 0.1) is 5.92 Å². The molecule has 2 amide bonds. The number of carbonyl (C=O) groups excluding carboxylic acids is 1. The van der Waals surface area contributed by atoms with Crippen molar-refractivity contribution in [2.75, 3.05) is 13.1 Å². The lowest BCUT2D eigenvalue weighted by molar-refractivity contribution is -0.139. The zero-order chi connectivity index (χ0) is 15.2. The molecule has 116 valence electrons. The molecule has 1 atom stereocenters. The molecule has 1 unspecified atom stereocenters. The van der Waals surface area contributed by atoms with Crippen molar-refractivity contribution in [2.45, 2.75) is 38.6 Å². The van der Waals surface area contributed by atoms with E-state index in [-0.39, 0.29) is 12.5 Å². The third-order valence-electron chi connectivity index (χ3n) is 4.05. The first-order valence-electron chi connectivity index (χ1n) is 7.35. The van der Waals surface area contributed by atoms with E-state index in [1.807, 2.05) is 0 Å². The molecule has 7 nitrogen and oxygen atoms in total. The average molecular weight is 294 g/mol. The van der Waals surface area contributed by atoms with Gasteiger partial charge in [0.25, 0.3) is 0 Å². The number of nitrogens with one attached hydrogen (secondary N) is 2. The molecule has 1 aromatic rings. The van der Waals surface area contributed by atoms with Gasteiger partial charge in [0.05, 0.1) is 6.33 Å². The number of aromatic amines is 1. The number of aliphatic carboxylic acids is 1. The van der Waals surface area contributed by atoms with E-state index in [1.54, 1.807) is 11.1 Å². The summed E-state index contributed by atoms with van der Waals surface area (Å²) in [6.45, 7) is 3.55. The highest BCUT2D eigenvalue weighted by Crippen LogP contribution is 2.19. The van der Waals surface area contributed by atoms with Crippen LogP contribution in [-0.2, 0) is 11.2 Å². The Hall–Kier alpha value is -2.05. The van der Waals surface area contributed by atoms with E-state index in [4.69, 9.17) is 0 Å². The third kappa shape index (κ3) is 4.21. The number of urea groups is 1. The van der Waals surface area contributed by atoms with Crippen molar-refractivity contribution >= 4 is 12.0 Å². The van der Waals surface area contributed by atoms with Crippen LogP contribution in [0.3, 0.4) is 0 Å². The van der Waals surface area contributed by atoms with Crippen LogP contribution in [0.1, 0.15) is 31.9 Å². The van der Waals surface area contributed by atoms with Crippen LogP contribution < -0.4 is 5.32 Å². The molecule has 1 fully saturated rings. The van der Waals surface area contributed by atoms with Crippen LogP contribution in [0.2, 0.25) is 0 Å². The predicted octanol–water partition coefficient (Wildman–Crippen LogP) is 1.24. The summed E-state index contributed by atoms with van der Waals surface area (Å²) in [5.74, 6) is -0.365. The van der Waals surface area contributed by atoms with Crippen molar-refractivity contribution in [1.82, 2.24) is 20.2 Å². The van der Waals surface area contributed by atoms with Crippen LogP contribution in [0.5, 0.6) is 0 Å². The van der Waals surface area contributed by atoms with Gasteiger partial charge in [-0.05, 0) is 18.8 Å². The Kier molecular flexibility index (Phi) is 5.19. The van der Waals surface area contributed by atoms with Crippen molar-refractivity contribution in [3.05, 3.63) is 18.2 Å². The summed E-state index contributed by atoms with van der Waals surface area (Å²) < 4.78 is 0. The van der Waals surface area contributed by atoms with Gasteiger partial charge in [0.15, 0.2) is 0 Å². The SMILES string of the molecule is CCC1CCN(C(=O)NC(Cc2cnc[nH]2)C(=O)O)CC1.